The number of aryl methyl sites for hydroxylation is 1. The van der Waals surface area contributed by atoms with Gasteiger partial charge in [-0.3, -0.25) is 9.59 Å². The summed E-state index contributed by atoms with van der Waals surface area (Å²) in [5, 5.41) is 11.7. The minimum Gasteiger partial charge on any atom is -0.493 e. The highest BCUT2D eigenvalue weighted by atomic mass is 79.9. The molecular weight excluding hydrogens is 624 g/mol. The van der Waals surface area contributed by atoms with Crippen molar-refractivity contribution >= 4 is 51.1 Å². The van der Waals surface area contributed by atoms with E-state index in [1.807, 2.05) is 51.1 Å². The van der Waals surface area contributed by atoms with Gasteiger partial charge in [0, 0.05) is 24.5 Å². The number of hydrogen-bond acceptors (Lipinski definition) is 9. The number of rotatable bonds is 9. The summed E-state index contributed by atoms with van der Waals surface area (Å²) in [6.45, 7) is 7.81. The second kappa shape index (κ2) is 13.2. The predicted molar refractivity (Wildman–Crippen MR) is 164 cm³/mol. The molecule has 3 aromatic rings. The van der Waals surface area contributed by atoms with Crippen LogP contribution < -0.4 is 20.1 Å². The van der Waals surface area contributed by atoms with Crippen LogP contribution in [0.5, 0.6) is 11.5 Å². The average Bonchev–Trinajstić information content (AvgIpc) is 3.37. The van der Waals surface area contributed by atoms with Crippen LogP contribution >= 0.6 is 27.7 Å². The third-order valence-corrected chi connectivity index (χ3v) is 8.21. The van der Waals surface area contributed by atoms with Gasteiger partial charge in [0.15, 0.2) is 18.1 Å². The highest BCUT2D eigenvalue weighted by molar-refractivity contribution is 9.10. The first kappa shape index (κ1) is 29.9. The fraction of sp³-hybridized carbons (Fsp3) is 0.379. The zero-order valence-electron chi connectivity index (χ0n) is 23.9. The molecule has 2 aliphatic rings. The van der Waals surface area contributed by atoms with E-state index in [4.69, 9.17) is 19.3 Å². The van der Waals surface area contributed by atoms with Crippen LogP contribution in [0.1, 0.15) is 31.0 Å². The molecule has 222 valence electrons. The van der Waals surface area contributed by atoms with Gasteiger partial charge in [0.1, 0.15) is 6.04 Å². The number of amides is 2. The predicted octanol–water partition coefficient (Wildman–Crippen LogP) is 4.63. The van der Waals surface area contributed by atoms with Crippen molar-refractivity contribution in [3.8, 4) is 11.5 Å². The molecule has 2 aromatic carbocycles. The van der Waals surface area contributed by atoms with Crippen molar-refractivity contribution in [3.05, 3.63) is 63.3 Å². The molecule has 1 unspecified atom stereocenters. The van der Waals surface area contributed by atoms with Gasteiger partial charge in [0.05, 0.1) is 30.4 Å². The smallest absolute Gasteiger partial charge is 0.260 e. The number of methoxy groups -OCH3 is 1. The molecule has 2 amide bonds. The summed E-state index contributed by atoms with van der Waals surface area (Å²) in [6, 6.07) is 10.7. The fourth-order valence-corrected chi connectivity index (χ4v) is 6.05. The molecule has 0 radical (unpaired) electrons. The third kappa shape index (κ3) is 6.42. The van der Waals surface area contributed by atoms with Gasteiger partial charge in [-0.25, -0.2) is 4.68 Å². The van der Waals surface area contributed by atoms with Crippen LogP contribution in [0, 0.1) is 6.92 Å². The Morgan fingerprint density at radius 2 is 2.00 bits per heavy atom. The van der Waals surface area contributed by atoms with E-state index in [9.17, 15) is 9.59 Å². The van der Waals surface area contributed by atoms with Crippen LogP contribution in [-0.4, -0.2) is 77.3 Å². The van der Waals surface area contributed by atoms with Crippen molar-refractivity contribution in [3.63, 3.8) is 0 Å². The van der Waals surface area contributed by atoms with Crippen molar-refractivity contribution in [1.29, 1.82) is 0 Å². The summed E-state index contributed by atoms with van der Waals surface area (Å²) < 4.78 is 19.3. The number of halogens is 1. The molecular formula is C29H33BrN6O5S. The van der Waals surface area contributed by atoms with E-state index in [-0.39, 0.29) is 18.4 Å². The van der Waals surface area contributed by atoms with E-state index in [1.165, 1.54) is 18.9 Å². The minimum absolute atomic E-state index is 0.128. The van der Waals surface area contributed by atoms with Gasteiger partial charge < -0.3 is 29.7 Å². The molecule has 1 saturated heterocycles. The minimum atomic E-state index is -0.626. The van der Waals surface area contributed by atoms with Gasteiger partial charge in [0.2, 0.25) is 11.1 Å². The third-order valence-electron chi connectivity index (χ3n) is 6.90. The molecule has 3 heterocycles. The molecule has 0 bridgehead atoms. The molecule has 11 nitrogen and oxygen atoms in total. The Labute approximate surface area is 257 Å². The Bertz CT molecular complexity index is 1520. The molecule has 0 aliphatic carbocycles. The first-order chi connectivity index (χ1) is 20.3. The topological polar surface area (TPSA) is 120 Å². The van der Waals surface area contributed by atoms with E-state index in [1.54, 1.807) is 15.6 Å². The Hall–Kier alpha value is -3.55. The number of nitrogens with one attached hydrogen (secondary N) is 2. The highest BCUT2D eigenvalue weighted by Crippen LogP contribution is 2.43. The lowest BCUT2D eigenvalue weighted by atomic mass is 9.94. The zero-order chi connectivity index (χ0) is 29.8. The summed E-state index contributed by atoms with van der Waals surface area (Å²) in [5.41, 5.74) is 3.59. The summed E-state index contributed by atoms with van der Waals surface area (Å²) in [6.07, 6.45) is 0. The number of benzene rings is 2. The standard InChI is InChI=1S/C29H33BrN6O5S/c1-5-42-29-33-28-31-18(3)24(27(38)32-20-8-6-7-17(2)13-20)25(36(28)34-29)19-14-21(30)26(22(15-19)39-4)41-16-23(37)35-9-11-40-12-10-35/h6-8,13-15,25H,5,9-12,16H2,1-4H3,(H,32,38)(H,31,33,34). The summed E-state index contributed by atoms with van der Waals surface area (Å²) in [5.74, 6) is 1.74. The van der Waals surface area contributed by atoms with E-state index in [0.717, 1.165) is 16.9 Å². The Morgan fingerprint density at radius 1 is 1.21 bits per heavy atom. The fourth-order valence-electron chi connectivity index (χ4n) is 4.92. The summed E-state index contributed by atoms with van der Waals surface area (Å²) in [4.78, 5) is 33.0. The molecule has 0 spiro atoms. The number of allylic oxidation sites excluding steroid dienone is 1. The maximum Gasteiger partial charge on any atom is 0.260 e. The molecule has 2 N–H and O–H groups in total. The van der Waals surface area contributed by atoms with Gasteiger partial charge in [-0.15, -0.1) is 5.10 Å². The van der Waals surface area contributed by atoms with Gasteiger partial charge >= 0.3 is 0 Å². The molecule has 5 rings (SSSR count). The van der Waals surface area contributed by atoms with Crippen LogP contribution in [-0.2, 0) is 14.3 Å². The Morgan fingerprint density at radius 3 is 2.71 bits per heavy atom. The van der Waals surface area contributed by atoms with E-state index >= 15 is 0 Å². The monoisotopic (exact) mass is 656 g/mol. The quantitative estimate of drug-likeness (QED) is 0.318. The van der Waals surface area contributed by atoms with Gasteiger partial charge in [0.25, 0.3) is 11.8 Å². The van der Waals surface area contributed by atoms with Crippen LogP contribution in [0.3, 0.4) is 0 Å². The maximum atomic E-state index is 13.9. The Kier molecular flexibility index (Phi) is 9.39. The molecule has 0 saturated carbocycles. The second-order valence-electron chi connectivity index (χ2n) is 9.80. The summed E-state index contributed by atoms with van der Waals surface area (Å²) in [7, 11) is 1.54. The van der Waals surface area contributed by atoms with Crippen LogP contribution in [0.25, 0.3) is 0 Å². The SMILES string of the molecule is CCSc1nc2n(n1)C(c1cc(Br)c(OCC(=O)N3CCOCC3)c(OC)c1)C(C(=O)Nc1cccc(C)c1)=C(C)N2. The van der Waals surface area contributed by atoms with E-state index in [0.29, 0.717) is 70.3 Å². The largest absolute Gasteiger partial charge is 0.493 e. The molecule has 1 aromatic heterocycles. The molecule has 1 fully saturated rings. The number of ether oxygens (including phenoxy) is 3. The number of aromatic nitrogens is 3. The van der Waals surface area contributed by atoms with Gasteiger partial charge in [-0.2, -0.15) is 4.98 Å². The van der Waals surface area contributed by atoms with E-state index < -0.39 is 6.04 Å². The number of carbonyl (C=O) groups excluding carboxylic acids is 2. The lowest BCUT2D eigenvalue weighted by Crippen LogP contribution is -2.43. The van der Waals surface area contributed by atoms with Crippen molar-refractivity contribution in [2.75, 3.05) is 56.4 Å². The Balaban J connectivity index is 1.50. The number of morpholine rings is 1. The van der Waals surface area contributed by atoms with Crippen molar-refractivity contribution < 1.29 is 23.8 Å². The number of hydrogen-bond donors (Lipinski definition) is 2. The number of thioether (sulfide) groups is 1. The first-order valence-electron chi connectivity index (χ1n) is 13.6. The molecule has 13 heteroatoms. The maximum absolute atomic E-state index is 13.9. The van der Waals surface area contributed by atoms with Crippen LogP contribution in [0.2, 0.25) is 0 Å². The lowest BCUT2D eigenvalue weighted by Gasteiger charge is -2.29. The van der Waals surface area contributed by atoms with E-state index in [2.05, 4.69) is 31.5 Å². The van der Waals surface area contributed by atoms with Crippen molar-refractivity contribution in [2.45, 2.75) is 32.0 Å². The molecule has 2 aliphatic heterocycles. The van der Waals surface area contributed by atoms with Crippen molar-refractivity contribution in [1.82, 2.24) is 19.7 Å². The number of anilines is 2. The van der Waals surface area contributed by atoms with Crippen LogP contribution in [0.4, 0.5) is 11.6 Å². The lowest BCUT2D eigenvalue weighted by molar-refractivity contribution is -0.137. The average molecular weight is 658 g/mol. The highest BCUT2D eigenvalue weighted by Gasteiger charge is 2.35. The number of carbonyl (C=O) groups is 2. The second-order valence-corrected chi connectivity index (χ2v) is 11.9. The van der Waals surface area contributed by atoms with Gasteiger partial charge in [-0.1, -0.05) is 30.8 Å². The normalized spacial score (nSPS) is 16.5. The number of fused-ring (bicyclic) bond motifs is 1. The molecule has 1 atom stereocenters. The van der Waals surface area contributed by atoms with Gasteiger partial charge in [-0.05, 0) is 70.9 Å². The first-order valence-corrected chi connectivity index (χ1v) is 15.4. The summed E-state index contributed by atoms with van der Waals surface area (Å²) >= 11 is 5.14. The van der Waals surface area contributed by atoms with Crippen molar-refractivity contribution in [2.24, 2.45) is 0 Å². The number of nitrogens with zero attached hydrogens (tertiary/aromatic N) is 4. The molecule has 42 heavy (non-hydrogen) atoms. The zero-order valence-corrected chi connectivity index (χ0v) is 26.3. The van der Waals surface area contributed by atoms with Crippen LogP contribution in [0.15, 0.2) is 57.3 Å².